The highest BCUT2D eigenvalue weighted by atomic mass is 16.5. The summed E-state index contributed by atoms with van der Waals surface area (Å²) in [5, 5.41) is 0. The van der Waals surface area contributed by atoms with E-state index < -0.39 is 0 Å². The minimum absolute atomic E-state index is 0.0143. The molecule has 2 aliphatic heterocycles. The molecule has 0 unspecified atom stereocenters. The van der Waals surface area contributed by atoms with E-state index >= 15 is 0 Å². The Balaban J connectivity index is 1.76. The zero-order chi connectivity index (χ0) is 15.4. The van der Waals surface area contributed by atoms with Crippen LogP contribution >= 0.6 is 0 Å². The van der Waals surface area contributed by atoms with Crippen LogP contribution in [0, 0.1) is 5.41 Å². The van der Waals surface area contributed by atoms with Crippen molar-refractivity contribution in [2.45, 2.75) is 32.3 Å². The number of aromatic nitrogens is 1. The van der Waals surface area contributed by atoms with E-state index in [0.717, 1.165) is 32.4 Å². The van der Waals surface area contributed by atoms with Crippen LogP contribution in [0.2, 0.25) is 0 Å². The van der Waals surface area contributed by atoms with Gasteiger partial charge in [0.05, 0.1) is 12.7 Å². The maximum Gasteiger partial charge on any atom is 0.272 e. The van der Waals surface area contributed by atoms with E-state index in [2.05, 4.69) is 4.98 Å². The Bertz CT molecular complexity index is 508. The Hall–Kier alpha value is -1.46. The van der Waals surface area contributed by atoms with E-state index in [4.69, 9.17) is 9.47 Å². The lowest BCUT2D eigenvalue weighted by Gasteiger charge is -2.50. The van der Waals surface area contributed by atoms with Crippen molar-refractivity contribution < 1.29 is 14.3 Å². The number of amides is 1. The molecule has 5 nitrogen and oxygen atoms in total. The van der Waals surface area contributed by atoms with E-state index in [-0.39, 0.29) is 17.4 Å². The Morgan fingerprint density at radius 2 is 2.45 bits per heavy atom. The molecule has 0 aliphatic carbocycles. The van der Waals surface area contributed by atoms with Crippen LogP contribution < -0.4 is 0 Å². The number of carbonyl (C=O) groups is 1. The van der Waals surface area contributed by atoms with E-state index in [1.807, 2.05) is 24.0 Å². The Morgan fingerprint density at radius 3 is 3.23 bits per heavy atom. The molecule has 5 heteroatoms. The van der Waals surface area contributed by atoms with Gasteiger partial charge < -0.3 is 14.4 Å². The standard InChI is InChI=1S/C17H24N2O3/c1-2-21-13-17-8-5-11-22-15(17)7-10-19(12-17)16(20)14-6-3-4-9-18-14/h3-4,6,9,15H,2,5,7-8,10-13H2,1H3/t15-,17-/m0/s1. The molecular weight excluding hydrogens is 280 g/mol. The maximum atomic E-state index is 12.7. The summed E-state index contributed by atoms with van der Waals surface area (Å²) in [5.41, 5.74) is 0.459. The molecule has 2 saturated heterocycles. The van der Waals surface area contributed by atoms with Crippen molar-refractivity contribution in [1.82, 2.24) is 9.88 Å². The minimum atomic E-state index is -0.0586. The quantitative estimate of drug-likeness (QED) is 0.855. The number of likely N-dealkylation sites (tertiary alicyclic amines) is 1. The average molecular weight is 304 g/mol. The third-order valence-electron chi connectivity index (χ3n) is 4.75. The summed E-state index contributed by atoms with van der Waals surface area (Å²) in [4.78, 5) is 18.8. The van der Waals surface area contributed by atoms with Crippen LogP contribution in [0.25, 0.3) is 0 Å². The maximum absolute atomic E-state index is 12.7. The summed E-state index contributed by atoms with van der Waals surface area (Å²) in [7, 11) is 0. The second-order valence-electron chi connectivity index (χ2n) is 6.19. The van der Waals surface area contributed by atoms with Gasteiger partial charge in [-0.15, -0.1) is 0 Å². The number of ether oxygens (including phenoxy) is 2. The highest BCUT2D eigenvalue weighted by Crippen LogP contribution is 2.40. The van der Waals surface area contributed by atoms with Crippen LogP contribution in [0.4, 0.5) is 0 Å². The van der Waals surface area contributed by atoms with Crippen molar-refractivity contribution in [2.75, 3.05) is 32.9 Å². The number of rotatable bonds is 4. The fourth-order valence-corrected chi connectivity index (χ4v) is 3.63. The molecule has 2 atom stereocenters. The van der Waals surface area contributed by atoms with Gasteiger partial charge in [0.25, 0.3) is 5.91 Å². The molecule has 1 amide bonds. The third-order valence-corrected chi connectivity index (χ3v) is 4.75. The summed E-state index contributed by atoms with van der Waals surface area (Å²) in [5.74, 6) is 0.0143. The molecular formula is C17H24N2O3. The topological polar surface area (TPSA) is 51.7 Å². The molecule has 3 heterocycles. The molecule has 22 heavy (non-hydrogen) atoms. The summed E-state index contributed by atoms with van der Waals surface area (Å²) in [6.45, 7) is 5.63. The van der Waals surface area contributed by atoms with Gasteiger partial charge in [-0.1, -0.05) is 6.07 Å². The molecule has 0 N–H and O–H groups in total. The highest BCUT2D eigenvalue weighted by molar-refractivity contribution is 5.92. The Kier molecular flexibility index (Phi) is 4.74. The van der Waals surface area contributed by atoms with Gasteiger partial charge in [0.1, 0.15) is 5.69 Å². The number of fused-ring (bicyclic) bond motifs is 1. The molecule has 3 rings (SSSR count). The molecule has 0 aromatic carbocycles. The van der Waals surface area contributed by atoms with Crippen LogP contribution in [0.3, 0.4) is 0 Å². The van der Waals surface area contributed by atoms with Gasteiger partial charge in [-0.2, -0.15) is 0 Å². The van der Waals surface area contributed by atoms with Gasteiger partial charge in [0.2, 0.25) is 0 Å². The van der Waals surface area contributed by atoms with Crippen molar-refractivity contribution in [3.63, 3.8) is 0 Å². The second kappa shape index (κ2) is 6.75. The van der Waals surface area contributed by atoms with Crippen molar-refractivity contribution >= 4 is 5.91 Å². The van der Waals surface area contributed by atoms with Crippen LogP contribution in [0.1, 0.15) is 36.7 Å². The summed E-state index contributed by atoms with van der Waals surface area (Å²) >= 11 is 0. The average Bonchev–Trinajstić information content (AvgIpc) is 2.59. The number of nitrogens with zero attached hydrogens (tertiary/aromatic N) is 2. The largest absolute Gasteiger partial charge is 0.381 e. The van der Waals surface area contributed by atoms with Crippen molar-refractivity contribution in [1.29, 1.82) is 0 Å². The number of pyridine rings is 1. The van der Waals surface area contributed by atoms with Gasteiger partial charge in [-0.25, -0.2) is 0 Å². The second-order valence-corrected chi connectivity index (χ2v) is 6.19. The highest BCUT2D eigenvalue weighted by Gasteiger charge is 2.47. The van der Waals surface area contributed by atoms with Gasteiger partial charge in [0, 0.05) is 37.9 Å². The summed E-state index contributed by atoms with van der Waals surface area (Å²) < 4.78 is 11.7. The number of carbonyl (C=O) groups excluding carboxylic acids is 1. The molecule has 0 radical (unpaired) electrons. The van der Waals surface area contributed by atoms with E-state index in [1.54, 1.807) is 12.3 Å². The van der Waals surface area contributed by atoms with E-state index in [1.165, 1.54) is 0 Å². The molecule has 1 aromatic rings. The van der Waals surface area contributed by atoms with Crippen LogP contribution in [-0.2, 0) is 9.47 Å². The third kappa shape index (κ3) is 3.01. The first-order chi connectivity index (χ1) is 10.7. The fraction of sp³-hybridized carbons (Fsp3) is 0.647. The van der Waals surface area contributed by atoms with Gasteiger partial charge >= 0.3 is 0 Å². The summed E-state index contributed by atoms with van der Waals surface area (Å²) in [6.07, 6.45) is 4.85. The zero-order valence-electron chi connectivity index (χ0n) is 13.2. The predicted molar refractivity (Wildman–Crippen MR) is 82.7 cm³/mol. The molecule has 0 saturated carbocycles. The lowest BCUT2D eigenvalue weighted by Crippen LogP contribution is -2.58. The van der Waals surface area contributed by atoms with Gasteiger partial charge in [0.15, 0.2) is 0 Å². The molecule has 1 aromatic heterocycles. The normalized spacial score (nSPS) is 28.2. The minimum Gasteiger partial charge on any atom is -0.381 e. The number of hydrogen-bond acceptors (Lipinski definition) is 4. The number of piperidine rings is 1. The van der Waals surface area contributed by atoms with Crippen molar-refractivity contribution in [3.8, 4) is 0 Å². The van der Waals surface area contributed by atoms with Crippen molar-refractivity contribution in [3.05, 3.63) is 30.1 Å². The first kappa shape index (κ1) is 15.4. The van der Waals surface area contributed by atoms with Crippen LogP contribution in [0.15, 0.2) is 24.4 Å². The lowest BCUT2D eigenvalue weighted by molar-refractivity contribution is -0.146. The van der Waals surface area contributed by atoms with Crippen molar-refractivity contribution in [2.24, 2.45) is 5.41 Å². The Labute approximate surface area is 131 Å². The first-order valence-electron chi connectivity index (χ1n) is 8.15. The van der Waals surface area contributed by atoms with Gasteiger partial charge in [-0.3, -0.25) is 9.78 Å². The van der Waals surface area contributed by atoms with E-state index in [0.29, 0.717) is 25.5 Å². The SMILES string of the molecule is CCOC[C@@]12CCCO[C@H]1CCN(C(=O)c1ccccn1)C2. The summed E-state index contributed by atoms with van der Waals surface area (Å²) in [6, 6.07) is 5.46. The number of hydrogen-bond donors (Lipinski definition) is 0. The fourth-order valence-electron chi connectivity index (χ4n) is 3.63. The van der Waals surface area contributed by atoms with Crippen LogP contribution in [-0.4, -0.2) is 54.8 Å². The first-order valence-corrected chi connectivity index (χ1v) is 8.15. The van der Waals surface area contributed by atoms with Crippen LogP contribution in [0.5, 0.6) is 0 Å². The Morgan fingerprint density at radius 1 is 1.55 bits per heavy atom. The molecule has 0 bridgehead atoms. The molecule has 0 spiro atoms. The zero-order valence-corrected chi connectivity index (χ0v) is 13.2. The molecule has 120 valence electrons. The lowest BCUT2D eigenvalue weighted by atomic mass is 9.73. The van der Waals surface area contributed by atoms with E-state index in [9.17, 15) is 4.79 Å². The molecule has 2 aliphatic rings. The van der Waals surface area contributed by atoms with Gasteiger partial charge in [-0.05, 0) is 38.3 Å². The monoisotopic (exact) mass is 304 g/mol. The smallest absolute Gasteiger partial charge is 0.272 e. The predicted octanol–water partition coefficient (Wildman–Crippen LogP) is 2.13. The molecule has 2 fully saturated rings.